The third kappa shape index (κ3) is 5.17. The quantitative estimate of drug-likeness (QED) is 0.406. The van der Waals surface area contributed by atoms with Crippen LogP contribution in [0.25, 0.3) is 10.1 Å². The Bertz CT molecular complexity index is 1010. The van der Waals surface area contributed by atoms with Gasteiger partial charge in [0.1, 0.15) is 23.4 Å². The highest BCUT2D eigenvalue weighted by Crippen LogP contribution is 2.37. The van der Waals surface area contributed by atoms with E-state index in [1.807, 2.05) is 42.5 Å². The van der Waals surface area contributed by atoms with E-state index < -0.39 is 0 Å². The van der Waals surface area contributed by atoms with E-state index >= 15 is 0 Å². The van der Waals surface area contributed by atoms with Crippen molar-refractivity contribution in [1.82, 2.24) is 4.90 Å². The lowest BCUT2D eigenvalue weighted by molar-refractivity contribution is -0.105. The van der Waals surface area contributed by atoms with Gasteiger partial charge in [0.05, 0.1) is 18.7 Å². The predicted octanol–water partition coefficient (Wildman–Crippen LogP) is 5.82. The molecule has 0 aliphatic carbocycles. The summed E-state index contributed by atoms with van der Waals surface area (Å²) in [6.07, 6.45) is 3.79. The zero-order chi connectivity index (χ0) is 21.8. The number of hydrogen-bond acceptors (Lipinski definition) is 6. The average molecular weight is 457 g/mol. The molecule has 2 fully saturated rings. The molecular weight excluding hydrogens is 429 g/mol. The average Bonchev–Trinajstić information content (AvgIpc) is 3.19. The molecule has 5 rings (SSSR count). The molecule has 3 heterocycles. The topological polar surface area (TPSA) is 40.2 Å². The van der Waals surface area contributed by atoms with Gasteiger partial charge < -0.3 is 18.9 Å². The molecule has 1 aromatic heterocycles. The van der Waals surface area contributed by atoms with Crippen molar-refractivity contribution in [1.29, 1.82) is 0 Å². The summed E-state index contributed by atoms with van der Waals surface area (Å²) in [5, 5.41) is 4.26. The number of hydrogen-bond donors (Lipinski definition) is 0. The number of rotatable bonds is 9. The first-order valence-corrected chi connectivity index (χ1v) is 12.0. The van der Waals surface area contributed by atoms with Crippen molar-refractivity contribution in [2.45, 2.75) is 38.1 Å². The van der Waals surface area contributed by atoms with E-state index in [0.29, 0.717) is 12.2 Å². The van der Waals surface area contributed by atoms with E-state index in [4.69, 9.17) is 18.9 Å². The molecule has 0 spiro atoms. The normalized spacial score (nSPS) is 19.6. The van der Waals surface area contributed by atoms with Crippen LogP contribution < -0.4 is 14.2 Å². The van der Waals surface area contributed by atoms with Crippen molar-refractivity contribution < 1.29 is 23.3 Å². The number of thiophene rings is 1. The summed E-state index contributed by atoms with van der Waals surface area (Å²) in [6.45, 7) is 3.02. The van der Waals surface area contributed by atoms with Crippen LogP contribution in [0.3, 0.4) is 0 Å². The Kier molecular flexibility index (Phi) is 6.76. The van der Waals surface area contributed by atoms with Gasteiger partial charge in [-0.25, -0.2) is 0 Å². The highest BCUT2D eigenvalue weighted by Gasteiger charge is 2.27. The van der Waals surface area contributed by atoms with Gasteiger partial charge in [0.15, 0.2) is 12.0 Å². The van der Waals surface area contributed by atoms with Crippen LogP contribution in [0.5, 0.6) is 23.0 Å². The molecule has 2 saturated heterocycles. The molecule has 1 radical (unpaired) electrons. The van der Waals surface area contributed by atoms with E-state index in [-0.39, 0.29) is 19.1 Å². The number of ether oxygens (including phenoxy) is 4. The Labute approximate surface area is 191 Å². The summed E-state index contributed by atoms with van der Waals surface area (Å²) in [7, 11) is 0. The summed E-state index contributed by atoms with van der Waals surface area (Å²) in [5.41, 5.74) is 0. The number of benzene rings is 2. The number of fused-ring (bicyclic) bond motifs is 1. The van der Waals surface area contributed by atoms with Crippen molar-refractivity contribution in [2.75, 3.05) is 32.9 Å². The van der Waals surface area contributed by atoms with E-state index in [1.165, 1.54) is 11.3 Å². The Morgan fingerprint density at radius 2 is 1.84 bits per heavy atom. The maximum Gasteiger partial charge on any atom is 0.199 e. The lowest BCUT2D eigenvalue weighted by atomic mass is 10.1. The summed E-state index contributed by atoms with van der Waals surface area (Å²) >= 11 is 1.51. The van der Waals surface area contributed by atoms with Gasteiger partial charge in [-0.3, -0.25) is 9.29 Å². The molecule has 1 unspecified atom stereocenters. The van der Waals surface area contributed by atoms with Crippen LogP contribution in [0.2, 0.25) is 0 Å². The third-order valence-electron chi connectivity index (χ3n) is 5.73. The van der Waals surface area contributed by atoms with Gasteiger partial charge in [-0.1, -0.05) is 0 Å². The van der Waals surface area contributed by atoms with Gasteiger partial charge in [0.2, 0.25) is 0 Å². The summed E-state index contributed by atoms with van der Waals surface area (Å²) in [6, 6.07) is 13.6. The van der Waals surface area contributed by atoms with Crippen molar-refractivity contribution in [3.63, 3.8) is 0 Å². The molecule has 7 heteroatoms. The van der Waals surface area contributed by atoms with Gasteiger partial charge in [-0.15, -0.1) is 11.3 Å². The fourth-order valence-electron chi connectivity index (χ4n) is 4.00. The lowest BCUT2D eigenvalue weighted by Gasteiger charge is -2.38. The van der Waals surface area contributed by atoms with Gasteiger partial charge in [-0.05, 0) is 61.7 Å². The van der Waals surface area contributed by atoms with Crippen LogP contribution in [0.1, 0.15) is 25.7 Å². The smallest absolute Gasteiger partial charge is 0.199 e. The zero-order valence-corrected chi connectivity index (χ0v) is 18.7. The van der Waals surface area contributed by atoms with Gasteiger partial charge in [0.25, 0.3) is 0 Å². The Balaban J connectivity index is 1.16. The molecule has 2 aliphatic heterocycles. The molecule has 3 aromatic rings. The first-order chi connectivity index (χ1) is 15.8. The number of alkyl halides is 1. The molecule has 0 amide bonds. The Morgan fingerprint density at radius 1 is 1.03 bits per heavy atom. The molecule has 5 nitrogen and oxygen atoms in total. The van der Waals surface area contributed by atoms with E-state index in [0.717, 1.165) is 72.8 Å². The van der Waals surface area contributed by atoms with Crippen molar-refractivity contribution >= 4 is 21.4 Å². The zero-order valence-electron chi connectivity index (χ0n) is 17.9. The summed E-state index contributed by atoms with van der Waals surface area (Å²) < 4.78 is 37.0. The second kappa shape index (κ2) is 10.1. The maximum atomic E-state index is 12.2. The van der Waals surface area contributed by atoms with Gasteiger partial charge in [-0.2, -0.15) is 0 Å². The number of halogens is 1. The van der Waals surface area contributed by atoms with Gasteiger partial charge >= 0.3 is 0 Å². The van der Waals surface area contributed by atoms with Gasteiger partial charge in [0, 0.05) is 36.1 Å². The Morgan fingerprint density at radius 3 is 2.62 bits per heavy atom. The van der Waals surface area contributed by atoms with E-state index in [2.05, 4.69) is 10.3 Å². The summed E-state index contributed by atoms with van der Waals surface area (Å²) in [4.78, 5) is 2.21. The molecule has 0 N–H and O–H groups in total. The standard InChI is InChI=1S/C25H27FNO4S/c26-11-3-12-27-15-21(16-27)29-18-5-7-19(8-6-18)30-23-17-32-24-14-20(9-10-22(23)24)31-25-4-1-2-13-28-25/h5-10,14,21,25H,1-4,11-13,15-16H2. The minimum atomic E-state index is -0.259. The maximum absolute atomic E-state index is 12.2. The molecule has 1 atom stereocenters. The highest BCUT2D eigenvalue weighted by atomic mass is 32.1. The second-order valence-corrected chi connectivity index (χ2v) is 9.07. The van der Waals surface area contributed by atoms with E-state index in [1.54, 1.807) is 0 Å². The molecule has 2 aliphatic rings. The van der Waals surface area contributed by atoms with Crippen molar-refractivity contribution in [3.05, 3.63) is 47.8 Å². The fraction of sp³-hybridized carbons (Fsp3) is 0.440. The van der Waals surface area contributed by atoms with Crippen LogP contribution in [0.4, 0.5) is 4.39 Å². The largest absolute Gasteiger partial charge is 0.488 e. The van der Waals surface area contributed by atoms with Crippen molar-refractivity contribution in [2.24, 2.45) is 0 Å². The van der Waals surface area contributed by atoms with E-state index in [9.17, 15) is 4.39 Å². The van der Waals surface area contributed by atoms with Crippen LogP contribution in [-0.4, -0.2) is 50.2 Å². The predicted molar refractivity (Wildman–Crippen MR) is 123 cm³/mol. The minimum absolute atomic E-state index is 0.153. The summed E-state index contributed by atoms with van der Waals surface area (Å²) in [5.74, 6) is 3.08. The number of likely N-dealkylation sites (tertiary alicyclic amines) is 1. The lowest BCUT2D eigenvalue weighted by Crippen LogP contribution is -2.53. The van der Waals surface area contributed by atoms with Crippen molar-refractivity contribution in [3.8, 4) is 23.0 Å². The molecular formula is C25H27FNO4S. The molecule has 0 saturated carbocycles. The Hall–Kier alpha value is -2.35. The minimum Gasteiger partial charge on any atom is -0.488 e. The fourth-order valence-corrected chi connectivity index (χ4v) is 4.80. The van der Waals surface area contributed by atoms with Crippen LogP contribution in [0.15, 0.2) is 42.5 Å². The highest BCUT2D eigenvalue weighted by molar-refractivity contribution is 7.17. The first kappa shape index (κ1) is 21.5. The second-order valence-electron chi connectivity index (χ2n) is 8.22. The van der Waals surface area contributed by atoms with Crippen LogP contribution in [0, 0.1) is 5.38 Å². The molecule has 169 valence electrons. The molecule has 0 bridgehead atoms. The van der Waals surface area contributed by atoms with Crippen LogP contribution >= 0.6 is 11.3 Å². The molecule has 32 heavy (non-hydrogen) atoms. The first-order valence-electron chi connectivity index (χ1n) is 11.2. The number of nitrogens with zero attached hydrogens (tertiary/aromatic N) is 1. The SMILES string of the molecule is FCCCN1CC(Oc2ccc(Oc3[c]sc4cc(OC5CCCCO5)ccc34)cc2)C1. The molecule has 2 aromatic carbocycles. The third-order valence-corrected chi connectivity index (χ3v) is 6.58. The monoisotopic (exact) mass is 456 g/mol. The van der Waals surface area contributed by atoms with Crippen LogP contribution in [-0.2, 0) is 4.74 Å².